The van der Waals surface area contributed by atoms with Gasteiger partial charge in [-0.3, -0.25) is 19.7 Å². The fourth-order valence-electron chi connectivity index (χ4n) is 2.41. The van der Waals surface area contributed by atoms with E-state index in [0.29, 0.717) is 18.5 Å². The maximum absolute atomic E-state index is 12.3. The predicted octanol–water partition coefficient (Wildman–Crippen LogP) is 2.50. The zero-order valence-electron chi connectivity index (χ0n) is 14.2. The van der Waals surface area contributed by atoms with Crippen molar-refractivity contribution in [1.29, 1.82) is 0 Å². The molecule has 1 atom stereocenters. The van der Waals surface area contributed by atoms with Crippen LogP contribution in [-0.4, -0.2) is 35.2 Å². The molecule has 5 heteroatoms. The van der Waals surface area contributed by atoms with Gasteiger partial charge < -0.3 is 4.90 Å². The molecule has 1 unspecified atom stereocenters. The zero-order chi connectivity index (χ0) is 17.4. The van der Waals surface area contributed by atoms with E-state index in [9.17, 15) is 14.4 Å². The molecule has 23 heavy (non-hydrogen) atoms. The summed E-state index contributed by atoms with van der Waals surface area (Å²) in [5.74, 6) is -0.844. The molecule has 2 aliphatic rings. The summed E-state index contributed by atoms with van der Waals surface area (Å²) in [6.07, 6.45) is 8.37. The van der Waals surface area contributed by atoms with Crippen LogP contribution in [0.4, 0.5) is 0 Å². The summed E-state index contributed by atoms with van der Waals surface area (Å²) in [6, 6.07) is -0.559. The summed E-state index contributed by atoms with van der Waals surface area (Å²) < 4.78 is 0. The molecule has 0 aromatic carbocycles. The average molecular weight is 318 g/mol. The monoisotopic (exact) mass is 318 g/mol. The van der Waals surface area contributed by atoms with Gasteiger partial charge in [0.15, 0.2) is 0 Å². The summed E-state index contributed by atoms with van der Waals surface area (Å²) >= 11 is 0. The Labute approximate surface area is 138 Å². The molecule has 0 radical (unpaired) electrons. The van der Waals surface area contributed by atoms with E-state index in [4.69, 9.17) is 0 Å². The second-order valence-corrected chi connectivity index (χ2v) is 5.53. The first-order valence-corrected chi connectivity index (χ1v) is 8.12. The van der Waals surface area contributed by atoms with Gasteiger partial charge in [0.2, 0.25) is 11.8 Å². The SMILES string of the molecule is C=C/C=C1/C(=O)N(C2CCC(=O)NC2=O)C/C1=C/C.CCCC. The lowest BCUT2D eigenvalue weighted by molar-refractivity contribution is -0.142. The van der Waals surface area contributed by atoms with Crippen LogP contribution in [0.1, 0.15) is 46.5 Å². The molecule has 1 N–H and O–H groups in total. The number of nitrogens with one attached hydrogen (secondary N) is 1. The van der Waals surface area contributed by atoms with Crippen LogP contribution >= 0.6 is 0 Å². The minimum atomic E-state index is -0.559. The van der Waals surface area contributed by atoms with E-state index in [1.54, 1.807) is 12.2 Å². The molecule has 0 bridgehead atoms. The van der Waals surface area contributed by atoms with E-state index in [1.807, 2.05) is 13.0 Å². The number of piperidine rings is 1. The lowest BCUT2D eigenvalue weighted by Crippen LogP contribution is -2.52. The number of nitrogens with zero attached hydrogens (tertiary/aromatic N) is 1. The van der Waals surface area contributed by atoms with Gasteiger partial charge in [0.25, 0.3) is 5.91 Å². The van der Waals surface area contributed by atoms with E-state index >= 15 is 0 Å². The second-order valence-electron chi connectivity index (χ2n) is 5.53. The van der Waals surface area contributed by atoms with Gasteiger partial charge in [0.05, 0.1) is 0 Å². The lowest BCUT2D eigenvalue weighted by Gasteiger charge is -2.28. The Balaban J connectivity index is 0.000000593. The van der Waals surface area contributed by atoms with E-state index < -0.39 is 6.04 Å². The van der Waals surface area contributed by atoms with Gasteiger partial charge in [-0.15, -0.1) is 0 Å². The second kappa shape index (κ2) is 9.08. The van der Waals surface area contributed by atoms with E-state index in [-0.39, 0.29) is 24.1 Å². The normalized spacial score (nSPS) is 24.6. The molecule has 2 aliphatic heterocycles. The van der Waals surface area contributed by atoms with Gasteiger partial charge in [-0.25, -0.2) is 0 Å². The standard InChI is InChI=1S/C14H16N2O3.C4H10/c1-3-5-10-9(4-2)8-16(14(10)19)11-6-7-12(17)15-13(11)18;1-3-4-2/h3-5,11H,1,6-8H2,2H3,(H,15,17,18);3-4H2,1-2H3/b9-4-,10-5+;. The Hall–Kier alpha value is -2.17. The summed E-state index contributed by atoms with van der Waals surface area (Å²) in [5, 5.41) is 2.28. The van der Waals surface area contributed by atoms with Crippen molar-refractivity contribution < 1.29 is 14.4 Å². The molecule has 0 aromatic rings. The molecule has 3 amide bonds. The van der Waals surface area contributed by atoms with E-state index in [0.717, 1.165) is 5.57 Å². The van der Waals surface area contributed by atoms with Crippen LogP contribution in [0.2, 0.25) is 0 Å². The topological polar surface area (TPSA) is 66.5 Å². The summed E-state index contributed by atoms with van der Waals surface area (Å²) in [6.45, 7) is 10.2. The molecule has 2 rings (SSSR count). The number of rotatable bonds is 3. The number of allylic oxidation sites excluding steroid dienone is 3. The molecule has 2 fully saturated rings. The van der Waals surface area contributed by atoms with Crippen LogP contribution < -0.4 is 5.32 Å². The van der Waals surface area contributed by atoms with Crippen LogP contribution in [0.3, 0.4) is 0 Å². The number of hydrogen-bond donors (Lipinski definition) is 1. The number of unbranched alkanes of at least 4 members (excludes halogenated alkanes) is 1. The van der Waals surface area contributed by atoms with Crippen LogP contribution in [0.5, 0.6) is 0 Å². The highest BCUT2D eigenvalue weighted by atomic mass is 16.2. The predicted molar refractivity (Wildman–Crippen MR) is 90.5 cm³/mol. The number of hydrogen-bond acceptors (Lipinski definition) is 3. The third-order valence-corrected chi connectivity index (χ3v) is 3.90. The molecule has 0 aromatic heterocycles. The summed E-state index contributed by atoms with van der Waals surface area (Å²) in [4.78, 5) is 36.8. The highest BCUT2D eigenvalue weighted by molar-refractivity contribution is 6.06. The number of amides is 3. The van der Waals surface area contributed by atoms with Crippen molar-refractivity contribution in [2.45, 2.75) is 52.5 Å². The van der Waals surface area contributed by atoms with Gasteiger partial charge in [0, 0.05) is 18.5 Å². The smallest absolute Gasteiger partial charge is 0.255 e. The Morgan fingerprint density at radius 3 is 2.39 bits per heavy atom. The molecular formula is C18H26N2O3. The van der Waals surface area contributed by atoms with Gasteiger partial charge in [0.1, 0.15) is 6.04 Å². The van der Waals surface area contributed by atoms with Crippen molar-refractivity contribution in [3.63, 3.8) is 0 Å². The van der Waals surface area contributed by atoms with Crippen LogP contribution in [0.25, 0.3) is 0 Å². The van der Waals surface area contributed by atoms with Crippen molar-refractivity contribution >= 4 is 17.7 Å². The molecule has 126 valence electrons. The maximum Gasteiger partial charge on any atom is 0.255 e. The van der Waals surface area contributed by atoms with Crippen molar-refractivity contribution in [1.82, 2.24) is 10.2 Å². The zero-order valence-corrected chi connectivity index (χ0v) is 14.2. The first kappa shape index (κ1) is 18.9. The third-order valence-electron chi connectivity index (χ3n) is 3.90. The van der Waals surface area contributed by atoms with Gasteiger partial charge in [-0.05, 0) is 25.0 Å². The Bertz CT molecular complexity index is 544. The lowest BCUT2D eigenvalue weighted by atomic mass is 10.0. The Morgan fingerprint density at radius 1 is 1.26 bits per heavy atom. The quantitative estimate of drug-likeness (QED) is 0.642. The first-order valence-electron chi connectivity index (χ1n) is 8.12. The maximum atomic E-state index is 12.3. The molecule has 0 saturated carbocycles. The Morgan fingerprint density at radius 2 is 1.91 bits per heavy atom. The number of imide groups is 1. The number of carbonyl (C=O) groups is 3. The van der Waals surface area contributed by atoms with E-state index in [1.165, 1.54) is 17.7 Å². The minimum absolute atomic E-state index is 0.178. The molecule has 0 aliphatic carbocycles. The van der Waals surface area contributed by atoms with Gasteiger partial charge in [-0.1, -0.05) is 45.4 Å². The third kappa shape index (κ3) is 4.65. The highest BCUT2D eigenvalue weighted by Gasteiger charge is 2.40. The Kier molecular flexibility index (Phi) is 7.45. The van der Waals surface area contributed by atoms with Crippen molar-refractivity contribution in [2.75, 3.05) is 6.54 Å². The summed E-state index contributed by atoms with van der Waals surface area (Å²) in [5.41, 5.74) is 1.46. The van der Waals surface area contributed by atoms with Crippen molar-refractivity contribution in [2.24, 2.45) is 0 Å². The fraction of sp³-hybridized carbons (Fsp3) is 0.500. The van der Waals surface area contributed by atoms with Gasteiger partial charge in [-0.2, -0.15) is 0 Å². The summed E-state index contributed by atoms with van der Waals surface area (Å²) in [7, 11) is 0. The van der Waals surface area contributed by atoms with E-state index in [2.05, 4.69) is 25.7 Å². The number of likely N-dealkylation sites (tertiary alicyclic amines) is 1. The molecule has 5 nitrogen and oxygen atoms in total. The van der Waals surface area contributed by atoms with Crippen molar-refractivity contribution in [3.05, 3.63) is 36.0 Å². The minimum Gasteiger partial charge on any atom is -0.322 e. The fourth-order valence-corrected chi connectivity index (χ4v) is 2.41. The highest BCUT2D eigenvalue weighted by Crippen LogP contribution is 2.27. The molecule has 2 saturated heterocycles. The van der Waals surface area contributed by atoms with Crippen LogP contribution in [0, 0.1) is 0 Å². The largest absolute Gasteiger partial charge is 0.322 e. The van der Waals surface area contributed by atoms with Crippen LogP contribution in [0.15, 0.2) is 36.0 Å². The molecule has 2 heterocycles. The first-order chi connectivity index (χ1) is 11.0. The van der Waals surface area contributed by atoms with Gasteiger partial charge >= 0.3 is 0 Å². The molecule has 0 spiro atoms. The average Bonchev–Trinajstić information content (AvgIpc) is 2.85. The van der Waals surface area contributed by atoms with Crippen LogP contribution in [-0.2, 0) is 14.4 Å². The van der Waals surface area contributed by atoms with Crippen molar-refractivity contribution in [3.8, 4) is 0 Å². The molecular weight excluding hydrogens is 292 g/mol. The number of carbonyl (C=O) groups excluding carboxylic acids is 3.